The van der Waals surface area contributed by atoms with Crippen molar-refractivity contribution in [1.82, 2.24) is 15.2 Å². The minimum Gasteiger partial charge on any atom is -0.326 e. The minimum atomic E-state index is 0.115. The Balaban J connectivity index is 1.59. The molecule has 5 heteroatoms. The highest BCUT2D eigenvalue weighted by molar-refractivity contribution is 5.91. The van der Waals surface area contributed by atoms with Crippen molar-refractivity contribution in [3.63, 3.8) is 0 Å². The van der Waals surface area contributed by atoms with Crippen LogP contribution in [0.5, 0.6) is 0 Å². The minimum absolute atomic E-state index is 0.115. The number of rotatable bonds is 4. The highest BCUT2D eigenvalue weighted by Gasteiger charge is 2.18. The van der Waals surface area contributed by atoms with Crippen LogP contribution >= 0.6 is 0 Å². The van der Waals surface area contributed by atoms with Crippen molar-refractivity contribution in [2.45, 2.75) is 32.1 Å². The molecule has 0 saturated heterocycles. The Hall–Kier alpha value is -2.17. The average Bonchev–Trinajstić information content (AvgIpc) is 3.12. The molecule has 1 saturated carbocycles. The highest BCUT2D eigenvalue weighted by atomic mass is 16.1. The van der Waals surface area contributed by atoms with Crippen LogP contribution in [0.15, 0.2) is 30.6 Å². The molecule has 5 nitrogen and oxygen atoms in total. The third-order valence-electron chi connectivity index (χ3n) is 3.81. The highest BCUT2D eigenvalue weighted by Crippen LogP contribution is 2.27. The summed E-state index contributed by atoms with van der Waals surface area (Å²) in [5.74, 6) is 1.42. The molecule has 20 heavy (non-hydrogen) atoms. The normalized spacial score (nSPS) is 15.4. The zero-order chi connectivity index (χ0) is 13.8. The first kappa shape index (κ1) is 12.8. The Morgan fingerprint density at radius 3 is 2.65 bits per heavy atom. The van der Waals surface area contributed by atoms with Gasteiger partial charge in [0.05, 0.1) is 0 Å². The van der Waals surface area contributed by atoms with E-state index in [9.17, 15) is 4.79 Å². The topological polar surface area (TPSA) is 70.7 Å². The Labute approximate surface area is 117 Å². The van der Waals surface area contributed by atoms with Crippen LogP contribution in [-0.4, -0.2) is 21.1 Å². The summed E-state index contributed by atoms with van der Waals surface area (Å²) in [6, 6.07) is 7.63. The summed E-state index contributed by atoms with van der Waals surface area (Å²) in [6.07, 6.45) is 7.04. The van der Waals surface area contributed by atoms with Gasteiger partial charge in [0.25, 0.3) is 0 Å². The molecule has 1 heterocycles. The first-order valence-electron chi connectivity index (χ1n) is 7.07. The average molecular weight is 270 g/mol. The van der Waals surface area contributed by atoms with Gasteiger partial charge in [-0.15, -0.1) is 0 Å². The first-order valence-corrected chi connectivity index (χ1v) is 7.07. The zero-order valence-electron chi connectivity index (χ0n) is 11.3. The van der Waals surface area contributed by atoms with E-state index in [2.05, 4.69) is 20.5 Å². The van der Waals surface area contributed by atoms with E-state index in [4.69, 9.17) is 0 Å². The second kappa shape index (κ2) is 5.86. The van der Waals surface area contributed by atoms with Crippen LogP contribution in [0, 0.1) is 5.92 Å². The molecule has 1 aliphatic rings. The van der Waals surface area contributed by atoms with E-state index in [1.807, 2.05) is 24.3 Å². The predicted molar refractivity (Wildman–Crippen MR) is 77.0 cm³/mol. The number of aromatic nitrogens is 3. The molecule has 0 aliphatic heterocycles. The van der Waals surface area contributed by atoms with Crippen LogP contribution in [-0.2, 0) is 4.79 Å². The molecule has 1 aromatic heterocycles. The molecule has 1 aromatic carbocycles. The SMILES string of the molecule is O=C(CC1CCCC1)Nc1ccc(-c2ncn[nH]2)cc1. The number of anilines is 1. The van der Waals surface area contributed by atoms with Crippen LogP contribution in [0.4, 0.5) is 5.69 Å². The van der Waals surface area contributed by atoms with Gasteiger partial charge in [0.2, 0.25) is 5.91 Å². The van der Waals surface area contributed by atoms with Gasteiger partial charge in [0.1, 0.15) is 6.33 Å². The van der Waals surface area contributed by atoms with Crippen LogP contribution in [0.1, 0.15) is 32.1 Å². The van der Waals surface area contributed by atoms with Gasteiger partial charge >= 0.3 is 0 Å². The van der Waals surface area contributed by atoms with E-state index in [0.717, 1.165) is 17.1 Å². The maximum atomic E-state index is 11.9. The molecular formula is C15H18N4O. The van der Waals surface area contributed by atoms with Crippen molar-refractivity contribution in [2.75, 3.05) is 5.32 Å². The number of aromatic amines is 1. The maximum absolute atomic E-state index is 11.9. The fraction of sp³-hybridized carbons (Fsp3) is 0.400. The standard InChI is InChI=1S/C15H18N4O/c20-14(9-11-3-1-2-4-11)18-13-7-5-12(6-8-13)15-16-10-17-19-15/h5-8,10-11H,1-4,9H2,(H,18,20)(H,16,17,19). The van der Waals surface area contributed by atoms with Gasteiger partial charge in [0.15, 0.2) is 5.82 Å². The monoisotopic (exact) mass is 270 g/mol. The molecule has 104 valence electrons. The molecule has 2 aromatic rings. The summed E-state index contributed by atoms with van der Waals surface area (Å²) in [4.78, 5) is 16.0. The Kier molecular flexibility index (Phi) is 3.76. The first-order chi connectivity index (χ1) is 9.81. The van der Waals surface area contributed by atoms with Crippen LogP contribution in [0.3, 0.4) is 0 Å². The molecule has 2 N–H and O–H groups in total. The van der Waals surface area contributed by atoms with Gasteiger partial charge in [-0.25, -0.2) is 4.98 Å². The van der Waals surface area contributed by atoms with Crippen LogP contribution < -0.4 is 5.32 Å². The lowest BCUT2D eigenvalue weighted by Crippen LogP contribution is -2.14. The van der Waals surface area contributed by atoms with Gasteiger partial charge in [-0.1, -0.05) is 12.8 Å². The van der Waals surface area contributed by atoms with E-state index >= 15 is 0 Å². The Morgan fingerprint density at radius 2 is 2.00 bits per heavy atom. The number of H-pyrrole nitrogens is 1. The van der Waals surface area contributed by atoms with Gasteiger partial charge in [-0.2, -0.15) is 5.10 Å². The van der Waals surface area contributed by atoms with E-state index in [0.29, 0.717) is 12.3 Å². The van der Waals surface area contributed by atoms with Gasteiger partial charge < -0.3 is 5.32 Å². The van der Waals surface area contributed by atoms with Crippen LogP contribution in [0.2, 0.25) is 0 Å². The lowest BCUT2D eigenvalue weighted by Gasteiger charge is -2.09. The number of nitrogens with one attached hydrogen (secondary N) is 2. The molecule has 0 atom stereocenters. The third-order valence-corrected chi connectivity index (χ3v) is 3.81. The fourth-order valence-electron chi connectivity index (χ4n) is 2.74. The third kappa shape index (κ3) is 3.04. The molecule has 0 spiro atoms. The molecule has 1 aliphatic carbocycles. The lowest BCUT2D eigenvalue weighted by atomic mass is 10.0. The molecule has 0 unspecified atom stereocenters. The van der Waals surface area contributed by atoms with Crippen molar-refractivity contribution in [2.24, 2.45) is 5.92 Å². The largest absolute Gasteiger partial charge is 0.326 e. The number of carbonyl (C=O) groups is 1. The summed E-state index contributed by atoms with van der Waals surface area (Å²) >= 11 is 0. The summed E-state index contributed by atoms with van der Waals surface area (Å²) in [7, 11) is 0. The quantitative estimate of drug-likeness (QED) is 0.897. The van der Waals surface area contributed by atoms with Crippen molar-refractivity contribution in [1.29, 1.82) is 0 Å². The van der Waals surface area contributed by atoms with Crippen LogP contribution in [0.25, 0.3) is 11.4 Å². The number of nitrogens with zero attached hydrogens (tertiary/aromatic N) is 2. The molecule has 3 rings (SSSR count). The molecule has 1 amide bonds. The van der Waals surface area contributed by atoms with Crippen molar-refractivity contribution < 1.29 is 4.79 Å². The Morgan fingerprint density at radius 1 is 1.25 bits per heavy atom. The number of hydrogen-bond acceptors (Lipinski definition) is 3. The number of hydrogen-bond donors (Lipinski definition) is 2. The number of carbonyl (C=O) groups excluding carboxylic acids is 1. The van der Waals surface area contributed by atoms with Gasteiger partial charge in [-0.3, -0.25) is 9.89 Å². The van der Waals surface area contributed by atoms with Gasteiger partial charge in [-0.05, 0) is 43.0 Å². The summed E-state index contributed by atoms with van der Waals surface area (Å²) in [5.41, 5.74) is 1.78. The van der Waals surface area contributed by atoms with Crippen molar-refractivity contribution in [3.05, 3.63) is 30.6 Å². The smallest absolute Gasteiger partial charge is 0.224 e. The van der Waals surface area contributed by atoms with Crippen molar-refractivity contribution >= 4 is 11.6 Å². The molecule has 0 radical (unpaired) electrons. The molecule has 1 fully saturated rings. The molecular weight excluding hydrogens is 252 g/mol. The second-order valence-electron chi connectivity index (χ2n) is 5.31. The summed E-state index contributed by atoms with van der Waals surface area (Å²) in [6.45, 7) is 0. The van der Waals surface area contributed by atoms with Crippen molar-refractivity contribution in [3.8, 4) is 11.4 Å². The molecule has 0 bridgehead atoms. The van der Waals surface area contributed by atoms with E-state index < -0.39 is 0 Å². The van der Waals surface area contributed by atoms with E-state index in [1.54, 1.807) is 0 Å². The maximum Gasteiger partial charge on any atom is 0.224 e. The zero-order valence-corrected chi connectivity index (χ0v) is 11.3. The number of benzene rings is 1. The summed E-state index contributed by atoms with van der Waals surface area (Å²) < 4.78 is 0. The van der Waals surface area contributed by atoms with E-state index in [1.165, 1.54) is 32.0 Å². The van der Waals surface area contributed by atoms with Gasteiger partial charge in [0, 0.05) is 17.7 Å². The number of amides is 1. The predicted octanol–water partition coefficient (Wildman–Crippen LogP) is 2.99. The summed E-state index contributed by atoms with van der Waals surface area (Å²) in [5, 5.41) is 9.59. The second-order valence-corrected chi connectivity index (χ2v) is 5.31. The fourth-order valence-corrected chi connectivity index (χ4v) is 2.74. The lowest BCUT2D eigenvalue weighted by molar-refractivity contribution is -0.117. The Bertz CT molecular complexity index is 556. The van der Waals surface area contributed by atoms with E-state index in [-0.39, 0.29) is 5.91 Å².